The Morgan fingerprint density at radius 3 is 2.24 bits per heavy atom. The van der Waals surface area contributed by atoms with E-state index in [0.717, 1.165) is 44.5 Å². The zero-order valence-corrected chi connectivity index (χ0v) is 26.0. The van der Waals surface area contributed by atoms with Crippen LogP contribution >= 0.6 is 23.2 Å². The van der Waals surface area contributed by atoms with Crippen LogP contribution in [0.2, 0.25) is 10.0 Å². The lowest BCUT2D eigenvalue weighted by molar-refractivity contribution is 0.102. The third-order valence-corrected chi connectivity index (χ3v) is 8.47. The third kappa shape index (κ3) is 5.41. The lowest BCUT2D eigenvalue weighted by atomic mass is 9.99. The molecule has 0 aliphatic rings. The van der Waals surface area contributed by atoms with Crippen molar-refractivity contribution in [2.45, 2.75) is 13.0 Å². The van der Waals surface area contributed by atoms with Gasteiger partial charge in [-0.2, -0.15) is 5.10 Å². The van der Waals surface area contributed by atoms with Crippen LogP contribution in [0.15, 0.2) is 116 Å². The Bertz CT molecular complexity index is 2150. The van der Waals surface area contributed by atoms with Crippen LogP contribution in [0, 0.1) is 0 Å². The number of aromatic nitrogens is 5. The summed E-state index contributed by atoms with van der Waals surface area (Å²) < 4.78 is 3.80. The number of hydrogen-bond acceptors (Lipinski definition) is 3. The van der Waals surface area contributed by atoms with Crippen molar-refractivity contribution >= 4 is 45.8 Å². The fourth-order valence-corrected chi connectivity index (χ4v) is 6.08. The van der Waals surface area contributed by atoms with Crippen molar-refractivity contribution in [2.24, 2.45) is 7.05 Å². The van der Waals surface area contributed by atoms with Gasteiger partial charge >= 0.3 is 0 Å². The number of carbonyl (C=O) groups excluding carboxylic acids is 1. The second kappa shape index (κ2) is 11.8. The van der Waals surface area contributed by atoms with Crippen molar-refractivity contribution in [2.75, 3.05) is 5.32 Å². The summed E-state index contributed by atoms with van der Waals surface area (Å²) in [6.07, 6.45) is 3.73. The number of H-pyrrole nitrogens is 1. The van der Waals surface area contributed by atoms with Crippen LogP contribution in [0.3, 0.4) is 0 Å². The molecule has 7 rings (SSSR count). The van der Waals surface area contributed by atoms with Crippen LogP contribution in [0.5, 0.6) is 0 Å². The van der Waals surface area contributed by atoms with E-state index < -0.39 is 0 Å². The van der Waals surface area contributed by atoms with E-state index in [1.54, 1.807) is 4.68 Å². The molecule has 0 saturated carbocycles. The predicted octanol–water partition coefficient (Wildman–Crippen LogP) is 9.27. The third-order valence-electron chi connectivity index (χ3n) is 7.98. The lowest BCUT2D eigenvalue weighted by Crippen LogP contribution is -2.16. The van der Waals surface area contributed by atoms with E-state index in [0.29, 0.717) is 27.1 Å². The highest BCUT2D eigenvalue weighted by molar-refractivity contribution is 6.31. The normalized spacial score (nSPS) is 12.0. The number of anilines is 1. The highest BCUT2D eigenvalue weighted by Gasteiger charge is 2.28. The van der Waals surface area contributed by atoms with Gasteiger partial charge in [-0.15, -0.1) is 0 Å². The highest BCUT2D eigenvalue weighted by atomic mass is 35.5. The average Bonchev–Trinajstić information content (AvgIpc) is 3.76. The standard InChI is InChI=1S/C36H28Cl2N6O/c1-22(23-13-15-26(37)16-14-23)44-21-39-32(25-11-7-4-8-12-25)34(44)31-28-18-17-27(38)19-30(28)40-33(31)36(45)41-35-29(20-43(2)42-35)24-9-5-3-6-10-24/h3-22,40H,1-2H3,(H,41,42,45)/t22-/m0/s1. The van der Waals surface area contributed by atoms with Gasteiger partial charge in [0.25, 0.3) is 5.91 Å². The Morgan fingerprint density at radius 2 is 1.53 bits per heavy atom. The van der Waals surface area contributed by atoms with E-state index in [4.69, 9.17) is 28.2 Å². The maximum Gasteiger partial charge on any atom is 0.274 e. The molecule has 0 saturated heterocycles. The largest absolute Gasteiger partial charge is 0.350 e. The second-order valence-electron chi connectivity index (χ2n) is 10.9. The molecule has 7 nitrogen and oxygen atoms in total. The summed E-state index contributed by atoms with van der Waals surface area (Å²) in [4.78, 5) is 22.6. The molecule has 2 N–H and O–H groups in total. The molecule has 0 bridgehead atoms. The van der Waals surface area contributed by atoms with E-state index in [1.165, 1.54) is 0 Å². The molecule has 0 spiro atoms. The summed E-state index contributed by atoms with van der Waals surface area (Å²) in [6, 6.07) is 33.1. The maximum atomic E-state index is 14.3. The van der Waals surface area contributed by atoms with Crippen molar-refractivity contribution in [3.8, 4) is 33.6 Å². The zero-order valence-electron chi connectivity index (χ0n) is 24.5. The number of amides is 1. The van der Waals surface area contributed by atoms with E-state index in [9.17, 15) is 4.79 Å². The number of hydrogen-bond donors (Lipinski definition) is 2. The number of rotatable bonds is 7. The number of carbonyl (C=O) groups is 1. The number of fused-ring (bicyclic) bond motifs is 1. The van der Waals surface area contributed by atoms with Crippen molar-refractivity contribution < 1.29 is 4.79 Å². The van der Waals surface area contributed by atoms with E-state index in [2.05, 4.69) is 26.9 Å². The Labute approximate surface area is 270 Å². The molecular weight excluding hydrogens is 603 g/mol. The highest BCUT2D eigenvalue weighted by Crippen LogP contribution is 2.41. The number of nitrogens with one attached hydrogen (secondary N) is 2. The van der Waals surface area contributed by atoms with Gasteiger partial charge in [0.2, 0.25) is 0 Å². The zero-order chi connectivity index (χ0) is 31.1. The summed E-state index contributed by atoms with van der Waals surface area (Å²) in [7, 11) is 1.83. The van der Waals surface area contributed by atoms with Gasteiger partial charge in [0.15, 0.2) is 5.82 Å². The molecule has 0 radical (unpaired) electrons. The molecular formula is C36H28Cl2N6O. The van der Waals surface area contributed by atoms with Crippen molar-refractivity contribution in [3.05, 3.63) is 137 Å². The average molecular weight is 632 g/mol. The Balaban J connectivity index is 1.43. The predicted molar refractivity (Wildman–Crippen MR) is 182 cm³/mol. The first-order valence-electron chi connectivity index (χ1n) is 14.5. The summed E-state index contributed by atoms with van der Waals surface area (Å²) >= 11 is 12.7. The Hall–Kier alpha value is -5.11. The molecule has 1 amide bonds. The number of halogens is 2. The van der Waals surface area contributed by atoms with Crippen LogP contribution in [0.25, 0.3) is 44.5 Å². The van der Waals surface area contributed by atoms with Crippen molar-refractivity contribution in [3.63, 3.8) is 0 Å². The van der Waals surface area contributed by atoms with Crippen molar-refractivity contribution in [1.82, 2.24) is 24.3 Å². The molecule has 0 unspecified atom stereocenters. The van der Waals surface area contributed by atoms with E-state index in [-0.39, 0.29) is 11.9 Å². The van der Waals surface area contributed by atoms with Crippen LogP contribution in [0.4, 0.5) is 5.82 Å². The SMILES string of the molecule is C[C@@H](c1ccc(Cl)cc1)n1cnc(-c2ccccc2)c1-c1c(C(=O)Nc2nn(C)cc2-c2ccccc2)[nH]c2cc(Cl)ccc12. The Kier molecular flexibility index (Phi) is 7.49. The number of nitrogens with zero attached hydrogens (tertiary/aromatic N) is 4. The summed E-state index contributed by atoms with van der Waals surface area (Å²) in [6.45, 7) is 2.11. The van der Waals surface area contributed by atoms with Gasteiger partial charge in [0.05, 0.1) is 23.8 Å². The number of imidazole rings is 1. The van der Waals surface area contributed by atoms with Crippen molar-refractivity contribution in [1.29, 1.82) is 0 Å². The molecule has 3 heterocycles. The number of aromatic amines is 1. The van der Waals surface area contributed by atoms with Crippen LogP contribution in [-0.2, 0) is 7.05 Å². The van der Waals surface area contributed by atoms with E-state index >= 15 is 0 Å². The van der Waals surface area contributed by atoms with Gasteiger partial charge in [-0.3, -0.25) is 9.48 Å². The van der Waals surface area contributed by atoms with Gasteiger partial charge in [0.1, 0.15) is 5.69 Å². The minimum absolute atomic E-state index is 0.129. The van der Waals surface area contributed by atoms with Gasteiger partial charge in [-0.1, -0.05) is 102 Å². The lowest BCUT2D eigenvalue weighted by Gasteiger charge is -2.19. The quantitative estimate of drug-likeness (QED) is 0.184. The first-order chi connectivity index (χ1) is 21.9. The number of aryl methyl sites for hydroxylation is 1. The molecule has 0 aliphatic carbocycles. The first kappa shape index (κ1) is 28.6. The smallest absolute Gasteiger partial charge is 0.274 e. The molecule has 0 aliphatic heterocycles. The molecule has 222 valence electrons. The Morgan fingerprint density at radius 1 is 0.867 bits per heavy atom. The van der Waals surface area contributed by atoms with Crippen LogP contribution in [0.1, 0.15) is 29.0 Å². The molecule has 7 aromatic rings. The van der Waals surface area contributed by atoms with Gasteiger partial charge in [0, 0.05) is 50.9 Å². The van der Waals surface area contributed by atoms with Crippen LogP contribution < -0.4 is 5.32 Å². The number of benzene rings is 4. The van der Waals surface area contributed by atoms with Gasteiger partial charge in [-0.25, -0.2) is 4.98 Å². The molecule has 0 fully saturated rings. The molecule has 3 aromatic heterocycles. The fraction of sp³-hybridized carbons (Fsp3) is 0.0833. The molecule has 45 heavy (non-hydrogen) atoms. The van der Waals surface area contributed by atoms with Gasteiger partial charge < -0.3 is 14.9 Å². The second-order valence-corrected chi connectivity index (χ2v) is 11.8. The monoisotopic (exact) mass is 630 g/mol. The maximum absolute atomic E-state index is 14.3. The fourth-order valence-electron chi connectivity index (χ4n) is 5.78. The summed E-state index contributed by atoms with van der Waals surface area (Å²) in [5, 5.41) is 9.75. The molecule has 4 aromatic carbocycles. The summed E-state index contributed by atoms with van der Waals surface area (Å²) in [5.74, 6) is 0.127. The minimum Gasteiger partial charge on any atom is -0.350 e. The molecule has 9 heteroatoms. The van der Waals surface area contributed by atoms with Gasteiger partial charge in [-0.05, 0) is 42.3 Å². The summed E-state index contributed by atoms with van der Waals surface area (Å²) in [5.41, 5.74) is 7.12. The van der Waals surface area contributed by atoms with Crippen LogP contribution in [-0.4, -0.2) is 30.2 Å². The first-order valence-corrected chi connectivity index (χ1v) is 15.2. The van der Waals surface area contributed by atoms with E-state index in [1.807, 2.05) is 123 Å². The minimum atomic E-state index is -0.334. The topological polar surface area (TPSA) is 80.5 Å². The molecule has 1 atom stereocenters.